The van der Waals surface area contributed by atoms with Gasteiger partial charge in [0.05, 0.1) is 23.6 Å². The Hall–Kier alpha value is -1.21. The third-order valence-electron chi connectivity index (χ3n) is 5.95. The van der Waals surface area contributed by atoms with E-state index in [1.165, 1.54) is 24.3 Å². The number of piperazine rings is 1. The molecule has 0 amide bonds. The molecule has 9 nitrogen and oxygen atoms in total. The zero-order valence-electron chi connectivity index (χ0n) is 18.2. The van der Waals surface area contributed by atoms with E-state index >= 15 is 0 Å². The van der Waals surface area contributed by atoms with E-state index in [0.29, 0.717) is 31.2 Å². The second-order valence-electron chi connectivity index (χ2n) is 7.89. The lowest BCUT2D eigenvalue weighted by Crippen LogP contribution is -2.57. The molecule has 2 saturated heterocycles. The molecule has 0 saturated carbocycles. The zero-order valence-corrected chi connectivity index (χ0v) is 21.4. The van der Waals surface area contributed by atoms with Crippen molar-refractivity contribution < 1.29 is 23.4 Å². The zero-order chi connectivity index (χ0) is 22.7. The first-order valence-electron chi connectivity index (χ1n) is 10.5. The van der Waals surface area contributed by atoms with Crippen molar-refractivity contribution in [2.45, 2.75) is 29.2 Å². The Kier molecular flexibility index (Phi) is 10.8. The number of aromatic nitrogens is 1. The largest absolute Gasteiger partial charge is 0.394 e. The maximum Gasteiger partial charge on any atom is 0.240 e. The van der Waals surface area contributed by atoms with Gasteiger partial charge in [-0.1, -0.05) is 17.7 Å². The average molecular weight is 556 g/mol. The van der Waals surface area contributed by atoms with Gasteiger partial charge in [0.2, 0.25) is 10.0 Å². The number of ether oxygens (including phenoxy) is 1. The first-order valence-corrected chi connectivity index (χ1v) is 12.3. The van der Waals surface area contributed by atoms with Gasteiger partial charge in [0.15, 0.2) is 0 Å². The van der Waals surface area contributed by atoms with Crippen molar-refractivity contribution in [2.24, 2.45) is 0 Å². The molecule has 0 aliphatic carbocycles. The van der Waals surface area contributed by atoms with Crippen LogP contribution in [-0.4, -0.2) is 92.2 Å². The van der Waals surface area contributed by atoms with E-state index in [-0.39, 0.29) is 42.9 Å². The van der Waals surface area contributed by atoms with E-state index in [4.69, 9.17) is 16.3 Å². The van der Waals surface area contributed by atoms with Crippen LogP contribution < -0.4 is 9.62 Å². The Morgan fingerprint density at radius 3 is 2.32 bits per heavy atom. The molecule has 0 unspecified atom stereocenters. The predicted octanol–water partition coefficient (Wildman–Crippen LogP) is 1.17. The fourth-order valence-electron chi connectivity index (χ4n) is 4.28. The average Bonchev–Trinajstić information content (AvgIpc) is 3.14. The molecule has 2 fully saturated rings. The van der Waals surface area contributed by atoms with Crippen LogP contribution in [0.4, 0.5) is 5.82 Å². The Balaban J connectivity index is 0.00000204. The molecule has 0 bridgehead atoms. The summed E-state index contributed by atoms with van der Waals surface area (Å²) in [5.41, 5.74) is 0. The summed E-state index contributed by atoms with van der Waals surface area (Å²) in [6, 6.07) is 11.2. The molecule has 2 aliphatic rings. The van der Waals surface area contributed by atoms with Crippen molar-refractivity contribution >= 4 is 52.3 Å². The summed E-state index contributed by atoms with van der Waals surface area (Å²) < 4.78 is 33.7. The Labute approximate surface area is 216 Å². The topological polar surface area (TPSA) is 115 Å². The number of halogens is 3. The number of sulfonamides is 1. The smallest absolute Gasteiger partial charge is 0.240 e. The molecule has 13 heteroatoms. The molecule has 2 aliphatic heterocycles. The fraction of sp³-hybridized carbons (Fsp3) is 0.476. The lowest BCUT2D eigenvalue weighted by Gasteiger charge is -2.40. The van der Waals surface area contributed by atoms with Gasteiger partial charge < -0.3 is 19.8 Å². The van der Waals surface area contributed by atoms with Crippen molar-refractivity contribution in [3.63, 3.8) is 0 Å². The maximum atomic E-state index is 12.7. The third-order valence-corrected chi connectivity index (χ3v) is 7.64. The van der Waals surface area contributed by atoms with Crippen LogP contribution >= 0.6 is 36.4 Å². The van der Waals surface area contributed by atoms with E-state index in [0.717, 1.165) is 5.82 Å². The highest BCUT2D eigenvalue weighted by Gasteiger charge is 2.47. The minimum Gasteiger partial charge on any atom is -0.394 e. The number of pyridine rings is 1. The van der Waals surface area contributed by atoms with Gasteiger partial charge in [0.25, 0.3) is 0 Å². The highest BCUT2D eigenvalue weighted by molar-refractivity contribution is 7.89. The number of rotatable bonds is 7. The molecule has 4 atom stereocenters. The molecule has 34 heavy (non-hydrogen) atoms. The van der Waals surface area contributed by atoms with Crippen molar-refractivity contribution in [3.8, 4) is 0 Å². The molecule has 4 rings (SSSR count). The summed E-state index contributed by atoms with van der Waals surface area (Å²) in [5, 5.41) is 20.9. The van der Waals surface area contributed by atoms with Crippen molar-refractivity contribution in [2.75, 3.05) is 44.2 Å². The van der Waals surface area contributed by atoms with Gasteiger partial charge in [-0.15, -0.1) is 24.8 Å². The molecule has 3 heterocycles. The number of nitrogens with zero attached hydrogens (tertiary/aromatic N) is 3. The van der Waals surface area contributed by atoms with E-state index in [1.54, 1.807) is 6.20 Å². The monoisotopic (exact) mass is 554 g/mol. The van der Waals surface area contributed by atoms with Crippen LogP contribution in [0.1, 0.15) is 0 Å². The summed E-state index contributed by atoms with van der Waals surface area (Å²) in [5.74, 6) is 0.899. The van der Waals surface area contributed by atoms with Crippen LogP contribution in [0.15, 0.2) is 53.6 Å². The minimum absolute atomic E-state index is 0. The van der Waals surface area contributed by atoms with Gasteiger partial charge in [0.1, 0.15) is 18.0 Å². The lowest BCUT2D eigenvalue weighted by atomic mass is 10.0. The van der Waals surface area contributed by atoms with Gasteiger partial charge in [-0.25, -0.2) is 18.1 Å². The summed E-state index contributed by atoms with van der Waals surface area (Å²) in [4.78, 5) is 8.75. The standard InChI is InChI=1S/C21H27ClN4O5S.2ClH/c22-15-4-6-16(7-5-15)32(29,30)24-13-17-20(21(28)18(14-27)31-17)26-11-9-25(10-12-26)19-3-1-2-8-23-19;;/h1-8,17-18,20-21,24,27-28H,9-14H2;2*1H/t17-,18+,20+,21-;;/m1../s1. The fourth-order valence-corrected chi connectivity index (χ4v) is 5.45. The van der Waals surface area contributed by atoms with Crippen molar-refractivity contribution in [1.29, 1.82) is 0 Å². The Bertz CT molecular complexity index is 995. The number of benzene rings is 1. The number of hydrogen-bond donors (Lipinski definition) is 3. The number of nitrogens with one attached hydrogen (secondary N) is 1. The minimum atomic E-state index is -3.77. The van der Waals surface area contributed by atoms with Crippen LogP contribution in [0, 0.1) is 0 Å². The first kappa shape index (κ1) is 29.0. The molecular formula is C21H29Cl3N4O5S. The van der Waals surface area contributed by atoms with Crippen LogP contribution in [0.5, 0.6) is 0 Å². The highest BCUT2D eigenvalue weighted by atomic mass is 35.5. The second-order valence-corrected chi connectivity index (χ2v) is 10.1. The predicted molar refractivity (Wildman–Crippen MR) is 135 cm³/mol. The van der Waals surface area contributed by atoms with Gasteiger partial charge >= 0.3 is 0 Å². The van der Waals surface area contributed by atoms with Crippen LogP contribution in [0.25, 0.3) is 0 Å². The van der Waals surface area contributed by atoms with E-state index in [9.17, 15) is 18.6 Å². The van der Waals surface area contributed by atoms with Crippen molar-refractivity contribution in [3.05, 3.63) is 53.7 Å². The second kappa shape index (κ2) is 12.7. The SMILES string of the molecule is Cl.Cl.O=S(=O)(NC[C@H]1O[C@@H](CO)[C@@H](O)[C@H]1N1CCN(c2ccccn2)CC1)c1ccc(Cl)cc1. The van der Waals surface area contributed by atoms with Gasteiger partial charge in [-0.3, -0.25) is 4.90 Å². The van der Waals surface area contributed by atoms with Gasteiger partial charge in [0, 0.05) is 43.9 Å². The van der Waals surface area contributed by atoms with Crippen LogP contribution in [0.3, 0.4) is 0 Å². The summed E-state index contributed by atoms with van der Waals surface area (Å²) in [7, 11) is -3.77. The molecule has 0 spiro atoms. The molecule has 1 aromatic carbocycles. The summed E-state index contributed by atoms with van der Waals surface area (Å²) in [6.45, 7) is 2.37. The van der Waals surface area contributed by atoms with E-state index in [2.05, 4.69) is 19.5 Å². The molecule has 1 aromatic heterocycles. The Morgan fingerprint density at radius 2 is 1.74 bits per heavy atom. The summed E-state index contributed by atoms with van der Waals surface area (Å²) in [6.07, 6.45) is -0.541. The highest BCUT2D eigenvalue weighted by Crippen LogP contribution is 2.27. The molecule has 190 valence electrons. The maximum absolute atomic E-state index is 12.7. The number of hydrogen-bond acceptors (Lipinski definition) is 8. The first-order chi connectivity index (χ1) is 15.4. The third kappa shape index (κ3) is 6.51. The number of aliphatic hydroxyl groups is 2. The van der Waals surface area contributed by atoms with Gasteiger partial charge in [-0.05, 0) is 36.4 Å². The quantitative estimate of drug-likeness (QED) is 0.466. The molecule has 2 aromatic rings. The van der Waals surface area contributed by atoms with E-state index < -0.39 is 34.4 Å². The molecular weight excluding hydrogens is 527 g/mol. The van der Waals surface area contributed by atoms with Crippen LogP contribution in [-0.2, 0) is 14.8 Å². The number of aliphatic hydroxyl groups excluding tert-OH is 2. The van der Waals surface area contributed by atoms with Crippen molar-refractivity contribution in [1.82, 2.24) is 14.6 Å². The van der Waals surface area contributed by atoms with Gasteiger partial charge in [-0.2, -0.15) is 0 Å². The van der Waals surface area contributed by atoms with Crippen LogP contribution in [0.2, 0.25) is 5.02 Å². The molecule has 3 N–H and O–H groups in total. The molecule has 0 radical (unpaired) electrons. The number of anilines is 1. The summed E-state index contributed by atoms with van der Waals surface area (Å²) >= 11 is 5.85. The lowest BCUT2D eigenvalue weighted by molar-refractivity contribution is -0.0201. The normalized spacial score (nSPS) is 25.4. The Morgan fingerprint density at radius 1 is 1.06 bits per heavy atom. The van der Waals surface area contributed by atoms with E-state index in [1.807, 2.05) is 18.2 Å².